The minimum Gasteiger partial charge on any atom is -0.387 e. The highest BCUT2D eigenvalue weighted by atomic mass is 35.5. The number of hydrogen-bond donors (Lipinski definition) is 1. The van der Waals surface area contributed by atoms with E-state index in [1.165, 1.54) is 25.9 Å². The van der Waals surface area contributed by atoms with Crippen molar-refractivity contribution in [3.63, 3.8) is 0 Å². The lowest BCUT2D eigenvalue weighted by Gasteiger charge is -2.36. The number of hydrogen-bond acceptors (Lipinski definition) is 6. The number of piperidine rings is 1. The highest BCUT2D eigenvalue weighted by Gasteiger charge is 2.57. The number of likely N-dealkylation sites (tertiary alicyclic amines) is 1. The molecule has 38 heavy (non-hydrogen) atoms. The average Bonchev–Trinajstić information content (AvgIpc) is 3.16. The third kappa shape index (κ3) is 5.03. The smallest absolute Gasteiger partial charge is 0.281 e. The van der Waals surface area contributed by atoms with E-state index in [2.05, 4.69) is 14.9 Å². The first-order valence-electron chi connectivity index (χ1n) is 12.7. The van der Waals surface area contributed by atoms with E-state index < -0.39 is 17.8 Å². The minimum absolute atomic E-state index is 0.0708. The fourth-order valence-corrected chi connectivity index (χ4v) is 5.68. The number of halogens is 3. The molecule has 1 amide bonds. The van der Waals surface area contributed by atoms with Gasteiger partial charge >= 0.3 is 0 Å². The number of fused-ring (bicyclic) bond motifs is 1. The van der Waals surface area contributed by atoms with Crippen molar-refractivity contribution >= 4 is 29.1 Å². The van der Waals surface area contributed by atoms with E-state index in [0.717, 1.165) is 31.5 Å². The van der Waals surface area contributed by atoms with Crippen molar-refractivity contribution in [3.05, 3.63) is 81.4 Å². The van der Waals surface area contributed by atoms with Gasteiger partial charge in [-0.2, -0.15) is 5.06 Å². The molecule has 200 valence electrons. The molecule has 3 aromatic rings. The average molecular weight is 559 g/mol. The second-order valence-electron chi connectivity index (χ2n) is 9.68. The Morgan fingerprint density at radius 1 is 1.03 bits per heavy atom. The van der Waals surface area contributed by atoms with Gasteiger partial charge in [-0.05, 0) is 67.2 Å². The Morgan fingerprint density at radius 3 is 2.34 bits per heavy atom. The first kappa shape index (κ1) is 27.0. The zero-order valence-corrected chi connectivity index (χ0v) is 22.6. The number of aliphatic hydroxyl groups excluding tert-OH is 1. The van der Waals surface area contributed by atoms with E-state index in [0.29, 0.717) is 38.6 Å². The number of hydroxylamine groups is 2. The molecule has 1 aromatic heterocycles. The molecular weight excluding hydrogens is 530 g/mol. The molecule has 1 unspecified atom stereocenters. The van der Waals surface area contributed by atoms with Crippen LogP contribution in [0.15, 0.2) is 48.8 Å². The third-order valence-electron chi connectivity index (χ3n) is 7.33. The van der Waals surface area contributed by atoms with Crippen LogP contribution >= 0.6 is 23.2 Å². The van der Waals surface area contributed by atoms with Gasteiger partial charge in [-0.25, -0.2) is 14.4 Å². The molecule has 2 atom stereocenters. The summed E-state index contributed by atoms with van der Waals surface area (Å²) in [5, 5.41) is 13.0. The van der Waals surface area contributed by atoms with Crippen molar-refractivity contribution in [2.45, 2.75) is 44.0 Å². The summed E-state index contributed by atoms with van der Waals surface area (Å²) in [5.74, 6) is -2.87. The second kappa shape index (κ2) is 11.2. The van der Waals surface area contributed by atoms with E-state index in [1.807, 2.05) is 12.1 Å². The quantitative estimate of drug-likeness (QED) is 0.372. The summed E-state index contributed by atoms with van der Waals surface area (Å²) in [6.07, 6.45) is 4.99. The van der Waals surface area contributed by atoms with Crippen LogP contribution in [0, 0.1) is 0 Å². The van der Waals surface area contributed by atoms with Crippen LogP contribution < -0.4 is 0 Å². The first-order chi connectivity index (χ1) is 18.3. The number of rotatable bonds is 8. The molecular formula is C28H29Cl2FN4O3. The number of nitrogens with zero attached hydrogens (tertiary/aromatic N) is 4. The molecule has 7 nitrogen and oxygen atoms in total. The second-order valence-corrected chi connectivity index (χ2v) is 10.6. The first-order valence-corrected chi connectivity index (χ1v) is 13.4. The van der Waals surface area contributed by atoms with Gasteiger partial charge in [0.2, 0.25) is 0 Å². The highest BCUT2D eigenvalue weighted by Crippen LogP contribution is 2.48. The van der Waals surface area contributed by atoms with E-state index >= 15 is 4.39 Å². The Balaban J connectivity index is 1.63. The minimum atomic E-state index is -2.61. The molecule has 0 saturated carbocycles. The van der Waals surface area contributed by atoms with Crippen molar-refractivity contribution in [1.29, 1.82) is 0 Å². The normalized spacial score (nSPS) is 20.6. The lowest BCUT2D eigenvalue weighted by atomic mass is 9.85. The van der Waals surface area contributed by atoms with Crippen LogP contribution in [0.1, 0.15) is 53.0 Å². The van der Waals surface area contributed by atoms with Gasteiger partial charge in [0.15, 0.2) is 0 Å². The van der Waals surface area contributed by atoms with Gasteiger partial charge in [0.25, 0.3) is 11.7 Å². The number of carbonyl (C=O) groups excluding carboxylic acids is 1. The number of carbonyl (C=O) groups is 1. The standard InChI is InChI=1S/C28H29Cl2FN4O3/c1-38-35-27(37)22-10-9-21(18-5-7-19(29)8-6-18)23(15-25-32-16-20(30)17-33-25)26(22)28(35,31)24(36)11-14-34-12-3-2-4-13-34/h5-10,16-17,24,36H,2-4,11-15H2,1H3/t24?,28-/m1/s1. The summed E-state index contributed by atoms with van der Waals surface area (Å²) in [4.78, 5) is 29.5. The van der Waals surface area contributed by atoms with Gasteiger partial charge in [0.1, 0.15) is 11.9 Å². The van der Waals surface area contributed by atoms with Gasteiger partial charge in [-0.3, -0.25) is 9.63 Å². The molecule has 1 N–H and O–H groups in total. The van der Waals surface area contributed by atoms with Crippen LogP contribution in [0.5, 0.6) is 0 Å². The van der Waals surface area contributed by atoms with Crippen molar-refractivity contribution in [2.24, 2.45) is 0 Å². The lowest BCUT2D eigenvalue weighted by Crippen LogP contribution is -2.49. The maximum atomic E-state index is 17.4. The summed E-state index contributed by atoms with van der Waals surface area (Å²) in [7, 11) is 1.23. The van der Waals surface area contributed by atoms with Crippen LogP contribution in [0.4, 0.5) is 4.39 Å². The number of amides is 1. The number of benzene rings is 2. The molecule has 2 aliphatic rings. The molecule has 3 heterocycles. The third-order valence-corrected chi connectivity index (χ3v) is 7.78. The van der Waals surface area contributed by atoms with Gasteiger partial charge in [0, 0.05) is 35.9 Å². The molecule has 1 saturated heterocycles. The summed E-state index contributed by atoms with van der Waals surface area (Å²) >= 11 is 12.1. The van der Waals surface area contributed by atoms with Crippen molar-refractivity contribution in [3.8, 4) is 11.1 Å². The SMILES string of the molecule is CON1C(=O)c2ccc(-c3ccc(Cl)cc3)c(Cc3ncc(Cl)cn3)c2[C@@]1(F)C(O)CCN1CCCCC1. The van der Waals surface area contributed by atoms with Gasteiger partial charge in [-0.15, -0.1) is 0 Å². The zero-order chi connectivity index (χ0) is 26.9. The predicted molar refractivity (Wildman–Crippen MR) is 144 cm³/mol. The van der Waals surface area contributed by atoms with E-state index in [9.17, 15) is 9.90 Å². The number of alkyl halides is 1. The molecule has 1 fully saturated rings. The zero-order valence-electron chi connectivity index (χ0n) is 21.0. The van der Waals surface area contributed by atoms with Gasteiger partial charge in [0.05, 0.1) is 17.7 Å². The molecule has 0 bridgehead atoms. The van der Waals surface area contributed by atoms with Crippen LogP contribution in [-0.2, 0) is 17.1 Å². The predicted octanol–water partition coefficient (Wildman–Crippen LogP) is 5.42. The van der Waals surface area contributed by atoms with Gasteiger partial charge < -0.3 is 10.0 Å². The number of aliphatic hydroxyl groups is 1. The highest BCUT2D eigenvalue weighted by molar-refractivity contribution is 6.30. The van der Waals surface area contributed by atoms with E-state index in [1.54, 1.807) is 24.3 Å². The summed E-state index contributed by atoms with van der Waals surface area (Å²) in [5.41, 5.74) is 2.14. The summed E-state index contributed by atoms with van der Waals surface area (Å²) in [6.45, 7) is 2.34. The number of aromatic nitrogens is 2. The van der Waals surface area contributed by atoms with Crippen molar-refractivity contribution in [1.82, 2.24) is 19.9 Å². The molecule has 0 spiro atoms. The molecule has 0 radical (unpaired) electrons. The van der Waals surface area contributed by atoms with E-state index in [4.69, 9.17) is 28.0 Å². The Morgan fingerprint density at radius 2 is 1.68 bits per heavy atom. The van der Waals surface area contributed by atoms with Crippen LogP contribution in [0.2, 0.25) is 10.0 Å². The Hall–Kier alpha value is -2.62. The summed E-state index contributed by atoms with van der Waals surface area (Å²) < 4.78 is 17.4. The summed E-state index contributed by atoms with van der Waals surface area (Å²) in [6, 6.07) is 10.5. The fourth-order valence-electron chi connectivity index (χ4n) is 5.45. The monoisotopic (exact) mass is 558 g/mol. The maximum absolute atomic E-state index is 17.4. The maximum Gasteiger partial charge on any atom is 0.281 e. The van der Waals surface area contributed by atoms with Crippen LogP contribution in [0.3, 0.4) is 0 Å². The van der Waals surface area contributed by atoms with Gasteiger partial charge in [-0.1, -0.05) is 47.8 Å². The fraction of sp³-hybridized carbons (Fsp3) is 0.393. The largest absolute Gasteiger partial charge is 0.387 e. The van der Waals surface area contributed by atoms with Crippen molar-refractivity contribution < 1.29 is 19.1 Å². The van der Waals surface area contributed by atoms with Crippen LogP contribution in [-0.4, -0.2) is 63.8 Å². The Kier molecular flexibility index (Phi) is 7.98. The van der Waals surface area contributed by atoms with Crippen LogP contribution in [0.25, 0.3) is 11.1 Å². The van der Waals surface area contributed by atoms with E-state index in [-0.39, 0.29) is 24.0 Å². The topological polar surface area (TPSA) is 78.8 Å². The molecule has 0 aliphatic carbocycles. The van der Waals surface area contributed by atoms with Crippen molar-refractivity contribution in [2.75, 3.05) is 26.7 Å². The molecule has 10 heteroatoms. The molecule has 2 aromatic carbocycles. The Labute approximate surface area is 231 Å². The Bertz CT molecular complexity index is 1300. The lowest BCUT2D eigenvalue weighted by molar-refractivity contribution is -0.246. The molecule has 5 rings (SSSR count). The molecule has 2 aliphatic heterocycles.